The van der Waals surface area contributed by atoms with Gasteiger partial charge in [-0.1, -0.05) is 0 Å². The zero-order chi connectivity index (χ0) is 27.0. The van der Waals surface area contributed by atoms with Gasteiger partial charge in [-0.25, -0.2) is 14.3 Å². The highest BCUT2D eigenvalue weighted by atomic mass is 16.6. The molecule has 2 N–H and O–H groups in total. The van der Waals surface area contributed by atoms with Crippen molar-refractivity contribution in [3.63, 3.8) is 0 Å². The lowest BCUT2D eigenvalue weighted by molar-refractivity contribution is 0.0587. The Morgan fingerprint density at radius 1 is 1.21 bits per heavy atom. The molecule has 10 nitrogen and oxygen atoms in total. The second kappa shape index (κ2) is 10.2. The van der Waals surface area contributed by atoms with Gasteiger partial charge in [0.1, 0.15) is 23.2 Å². The summed E-state index contributed by atoms with van der Waals surface area (Å²) < 4.78 is 13.1. The maximum atomic E-state index is 13.3. The minimum Gasteiger partial charge on any atom is -0.473 e. The molecule has 0 bridgehead atoms. The fourth-order valence-electron chi connectivity index (χ4n) is 4.70. The Morgan fingerprint density at radius 2 is 2.00 bits per heavy atom. The number of pyridine rings is 2. The molecule has 38 heavy (non-hydrogen) atoms. The van der Waals surface area contributed by atoms with Crippen molar-refractivity contribution < 1.29 is 24.2 Å². The Hall–Kier alpha value is -3.66. The third-order valence-electron chi connectivity index (χ3n) is 6.75. The number of nitrogens with zero attached hydrogens (tertiary/aromatic N) is 4. The highest BCUT2D eigenvalue weighted by Gasteiger charge is 2.29. The number of nitrogens with one attached hydrogen (secondary N) is 1. The number of carbonyl (C=O) groups excluding carboxylic acids is 2. The van der Waals surface area contributed by atoms with E-state index in [1.807, 2.05) is 18.2 Å². The molecule has 2 fully saturated rings. The van der Waals surface area contributed by atoms with E-state index in [1.54, 1.807) is 50.8 Å². The number of ether oxygens (including phenoxy) is 2. The number of hydrogen-bond donors (Lipinski definition) is 2. The molecule has 2 aliphatic carbocycles. The molecule has 202 valence electrons. The summed E-state index contributed by atoms with van der Waals surface area (Å²) in [4.78, 5) is 32.1. The van der Waals surface area contributed by atoms with Crippen molar-refractivity contribution in [2.45, 2.75) is 77.1 Å². The van der Waals surface area contributed by atoms with Crippen LogP contribution in [0, 0.1) is 5.92 Å². The minimum atomic E-state index is -0.678. The third-order valence-corrected chi connectivity index (χ3v) is 6.75. The van der Waals surface area contributed by atoms with Crippen LogP contribution in [0.25, 0.3) is 5.52 Å². The monoisotopic (exact) mass is 521 g/mol. The minimum absolute atomic E-state index is 0.0405. The number of aliphatic hydroxyl groups is 1. The molecule has 3 heterocycles. The van der Waals surface area contributed by atoms with Crippen molar-refractivity contribution in [3.8, 4) is 5.88 Å². The van der Waals surface area contributed by atoms with Gasteiger partial charge in [0.25, 0.3) is 0 Å². The molecule has 5 rings (SSSR count). The lowest BCUT2D eigenvalue weighted by atomic mass is 9.97. The van der Waals surface area contributed by atoms with Gasteiger partial charge in [0.15, 0.2) is 5.78 Å². The quantitative estimate of drug-likeness (QED) is 0.392. The van der Waals surface area contributed by atoms with Gasteiger partial charge in [-0.3, -0.25) is 9.69 Å². The number of carbonyl (C=O) groups is 2. The molecule has 2 aliphatic rings. The van der Waals surface area contributed by atoms with Gasteiger partial charge < -0.3 is 19.9 Å². The summed E-state index contributed by atoms with van der Waals surface area (Å²) in [6.45, 7) is 5.42. The molecule has 0 aliphatic heterocycles. The van der Waals surface area contributed by atoms with Crippen LogP contribution in [0.4, 0.5) is 22.0 Å². The summed E-state index contributed by atoms with van der Waals surface area (Å²) >= 11 is 0. The predicted molar refractivity (Wildman–Crippen MR) is 143 cm³/mol. The number of ketones is 1. The predicted octanol–water partition coefficient (Wildman–Crippen LogP) is 5.12. The lowest BCUT2D eigenvalue weighted by Crippen LogP contribution is -2.35. The van der Waals surface area contributed by atoms with E-state index in [-0.39, 0.29) is 23.9 Å². The summed E-state index contributed by atoms with van der Waals surface area (Å²) in [5.74, 6) is 1.04. The van der Waals surface area contributed by atoms with Crippen LogP contribution in [-0.2, 0) is 4.74 Å². The molecule has 0 saturated heterocycles. The van der Waals surface area contributed by atoms with Crippen LogP contribution in [0.15, 0.2) is 36.7 Å². The van der Waals surface area contributed by atoms with E-state index in [9.17, 15) is 14.7 Å². The number of fused-ring (bicyclic) bond motifs is 1. The van der Waals surface area contributed by atoms with E-state index in [2.05, 4.69) is 15.4 Å². The maximum absolute atomic E-state index is 13.3. The van der Waals surface area contributed by atoms with Gasteiger partial charge >= 0.3 is 6.09 Å². The van der Waals surface area contributed by atoms with Crippen molar-refractivity contribution >= 4 is 34.6 Å². The Labute approximate surface area is 221 Å². The first kappa shape index (κ1) is 26.0. The van der Waals surface area contributed by atoms with Gasteiger partial charge in [-0.15, -0.1) is 0 Å². The van der Waals surface area contributed by atoms with E-state index in [4.69, 9.17) is 9.47 Å². The normalized spacial score (nSPS) is 19.4. The van der Waals surface area contributed by atoms with E-state index in [1.165, 1.54) is 4.90 Å². The molecular formula is C28H35N5O5. The average molecular weight is 522 g/mol. The van der Waals surface area contributed by atoms with Crippen LogP contribution in [0.5, 0.6) is 5.88 Å². The Bertz CT molecular complexity index is 1340. The standard InChI is InChI=1S/C28H35N5O5/c1-28(2,3)38-27(36)32(4)25-15-18(31-22-6-5-11-29-26(22)37-20-9-10-20)14-23-21(16-30-33(23)25)24(35)13-17-7-8-19(34)12-17/h5-6,11,14-17,19-20,31,34H,7-10,12-13H2,1-4H3/t17?,19-/m0/s1. The first-order valence-electron chi connectivity index (χ1n) is 13.2. The van der Waals surface area contributed by atoms with Gasteiger partial charge in [-0.2, -0.15) is 5.10 Å². The summed E-state index contributed by atoms with van der Waals surface area (Å²) in [6.07, 6.45) is 7.06. The molecule has 3 aromatic heterocycles. The molecule has 1 amide bonds. The number of anilines is 3. The third kappa shape index (κ3) is 5.91. The average Bonchev–Trinajstić information content (AvgIpc) is 3.41. The Morgan fingerprint density at radius 3 is 2.68 bits per heavy atom. The Kier molecular flexibility index (Phi) is 7.00. The van der Waals surface area contributed by atoms with E-state index in [0.29, 0.717) is 47.0 Å². The largest absolute Gasteiger partial charge is 0.473 e. The van der Waals surface area contributed by atoms with Crippen molar-refractivity contribution in [2.75, 3.05) is 17.3 Å². The van der Waals surface area contributed by atoms with Crippen molar-refractivity contribution in [1.29, 1.82) is 0 Å². The highest BCUT2D eigenvalue weighted by molar-refractivity contribution is 6.03. The first-order valence-corrected chi connectivity index (χ1v) is 13.2. The zero-order valence-electron chi connectivity index (χ0n) is 22.3. The molecule has 2 atom stereocenters. The summed E-state index contributed by atoms with van der Waals surface area (Å²) in [7, 11) is 1.61. The number of amides is 1. The van der Waals surface area contributed by atoms with Gasteiger partial charge in [0, 0.05) is 31.4 Å². The topological polar surface area (TPSA) is 118 Å². The zero-order valence-corrected chi connectivity index (χ0v) is 22.3. The van der Waals surface area contributed by atoms with Crippen LogP contribution in [0.3, 0.4) is 0 Å². The molecule has 10 heteroatoms. The smallest absolute Gasteiger partial charge is 0.415 e. The molecule has 3 aromatic rings. The van der Waals surface area contributed by atoms with Crippen LogP contribution in [-0.4, -0.2) is 56.4 Å². The number of aliphatic hydroxyl groups excluding tert-OH is 1. The highest BCUT2D eigenvalue weighted by Crippen LogP contribution is 2.35. The van der Waals surface area contributed by atoms with E-state index < -0.39 is 11.7 Å². The summed E-state index contributed by atoms with van der Waals surface area (Å²) in [5, 5.41) is 17.7. The Balaban J connectivity index is 1.52. The van der Waals surface area contributed by atoms with Crippen LogP contribution in [0.2, 0.25) is 0 Å². The second-order valence-corrected chi connectivity index (χ2v) is 11.3. The van der Waals surface area contributed by atoms with Gasteiger partial charge in [0.05, 0.1) is 23.4 Å². The molecule has 0 aromatic carbocycles. The van der Waals surface area contributed by atoms with Crippen molar-refractivity contribution in [1.82, 2.24) is 14.6 Å². The summed E-state index contributed by atoms with van der Waals surface area (Å²) in [5.41, 5.74) is 1.68. The second-order valence-electron chi connectivity index (χ2n) is 11.3. The molecule has 0 radical (unpaired) electrons. The molecular weight excluding hydrogens is 486 g/mol. The number of Topliss-reactive ketones (excluding diaryl/α,β-unsaturated/α-hetero) is 1. The number of rotatable bonds is 8. The number of aromatic nitrogens is 3. The lowest BCUT2D eigenvalue weighted by Gasteiger charge is -2.25. The molecule has 2 saturated carbocycles. The summed E-state index contributed by atoms with van der Waals surface area (Å²) in [6, 6.07) is 7.31. The molecule has 0 spiro atoms. The number of hydrogen-bond acceptors (Lipinski definition) is 8. The van der Waals surface area contributed by atoms with Crippen molar-refractivity contribution in [2.24, 2.45) is 5.92 Å². The van der Waals surface area contributed by atoms with Gasteiger partial charge in [0.2, 0.25) is 5.88 Å². The molecule has 1 unspecified atom stereocenters. The van der Waals surface area contributed by atoms with E-state index >= 15 is 0 Å². The van der Waals surface area contributed by atoms with Gasteiger partial charge in [-0.05, 0) is 77.0 Å². The van der Waals surface area contributed by atoms with Crippen LogP contribution >= 0.6 is 0 Å². The first-order chi connectivity index (χ1) is 18.1. The SMILES string of the molecule is CN(C(=O)OC(C)(C)C)c1cc(Nc2cccnc2OC2CC2)cc2c(C(=O)CC3CC[C@H](O)C3)cnn12. The fraction of sp³-hybridized carbons (Fsp3) is 0.500. The van der Waals surface area contributed by atoms with Crippen molar-refractivity contribution in [3.05, 3.63) is 42.2 Å². The van der Waals surface area contributed by atoms with Crippen LogP contribution < -0.4 is 15.0 Å². The fourth-order valence-corrected chi connectivity index (χ4v) is 4.70. The van der Waals surface area contributed by atoms with Crippen LogP contribution in [0.1, 0.15) is 69.7 Å². The van der Waals surface area contributed by atoms with E-state index in [0.717, 1.165) is 25.7 Å². The maximum Gasteiger partial charge on any atom is 0.415 e.